The maximum atomic E-state index is 12.6. The van der Waals surface area contributed by atoms with E-state index in [0.29, 0.717) is 38.2 Å². The second-order valence-corrected chi connectivity index (χ2v) is 11.6. The molecule has 1 atom stereocenters. The van der Waals surface area contributed by atoms with Crippen molar-refractivity contribution in [1.29, 1.82) is 0 Å². The van der Waals surface area contributed by atoms with E-state index in [-0.39, 0.29) is 28.9 Å². The number of hydrogen-bond acceptors (Lipinski definition) is 5. The second kappa shape index (κ2) is 12.8. The van der Waals surface area contributed by atoms with Gasteiger partial charge in [0.25, 0.3) is 0 Å². The van der Waals surface area contributed by atoms with Gasteiger partial charge in [0.05, 0.1) is 29.7 Å². The van der Waals surface area contributed by atoms with Gasteiger partial charge in [0.1, 0.15) is 6.04 Å². The molecule has 0 radical (unpaired) electrons. The third-order valence-electron chi connectivity index (χ3n) is 6.80. The van der Waals surface area contributed by atoms with E-state index in [9.17, 15) is 9.59 Å². The molecule has 1 unspecified atom stereocenters. The van der Waals surface area contributed by atoms with Crippen LogP contribution in [0.2, 0.25) is 0 Å². The number of esters is 2. The summed E-state index contributed by atoms with van der Waals surface area (Å²) in [7, 11) is 1.73. The third kappa shape index (κ3) is 6.77. The zero-order valence-corrected chi connectivity index (χ0v) is 22.8. The Bertz CT molecular complexity index is 1340. The Balaban J connectivity index is 1.15. The quantitative estimate of drug-likeness (QED) is 0.185. The summed E-state index contributed by atoms with van der Waals surface area (Å²) in [5.74, 6) is -0.499. The zero-order valence-electron chi connectivity index (χ0n) is 22.0. The van der Waals surface area contributed by atoms with Crippen LogP contribution in [0, 0.1) is 0 Å². The lowest BCUT2D eigenvalue weighted by atomic mass is 10.1. The van der Waals surface area contributed by atoms with Crippen LogP contribution in [0.25, 0.3) is 0 Å². The molecule has 0 aliphatic carbocycles. The lowest BCUT2D eigenvalue weighted by Crippen LogP contribution is -2.34. The van der Waals surface area contributed by atoms with Gasteiger partial charge in [-0.25, -0.2) is 4.79 Å². The summed E-state index contributed by atoms with van der Waals surface area (Å²) in [6.07, 6.45) is 1.36. The molecule has 5 nitrogen and oxygen atoms in total. The molecule has 4 aromatic rings. The summed E-state index contributed by atoms with van der Waals surface area (Å²) >= 11 is 0. The van der Waals surface area contributed by atoms with E-state index in [1.165, 1.54) is 14.7 Å². The van der Waals surface area contributed by atoms with Gasteiger partial charge in [-0.2, -0.15) is 0 Å². The Morgan fingerprint density at radius 3 is 1.95 bits per heavy atom. The minimum atomic E-state index is -0.333. The number of ether oxygens (including phenoxy) is 2. The molecule has 39 heavy (non-hydrogen) atoms. The van der Waals surface area contributed by atoms with Crippen LogP contribution >= 0.6 is 0 Å². The summed E-state index contributed by atoms with van der Waals surface area (Å²) in [5.41, 5.74) is 2.67. The molecule has 1 saturated heterocycles. The van der Waals surface area contributed by atoms with E-state index in [1.54, 1.807) is 12.1 Å². The number of rotatable bonds is 10. The van der Waals surface area contributed by atoms with Crippen LogP contribution in [0.4, 0.5) is 0 Å². The summed E-state index contributed by atoms with van der Waals surface area (Å²) in [6.45, 7) is 1.40. The smallest absolute Gasteiger partial charge is 0.338 e. The molecule has 0 saturated carbocycles. The van der Waals surface area contributed by atoms with Crippen LogP contribution in [-0.4, -0.2) is 43.1 Å². The molecular formula is C33H32NO4S+. The molecule has 0 amide bonds. The Kier molecular flexibility index (Phi) is 8.76. The Morgan fingerprint density at radius 2 is 1.38 bits per heavy atom. The molecule has 5 rings (SSSR count). The van der Waals surface area contributed by atoms with E-state index in [0.717, 1.165) is 11.1 Å². The van der Waals surface area contributed by atoms with Crippen LogP contribution in [0.1, 0.15) is 27.9 Å². The van der Waals surface area contributed by atoms with Crippen LogP contribution < -0.4 is 0 Å². The molecule has 6 heteroatoms. The fourth-order valence-corrected chi connectivity index (χ4v) is 6.77. The normalized spacial score (nSPS) is 14.9. The van der Waals surface area contributed by atoms with Gasteiger partial charge in [-0.3, -0.25) is 9.69 Å². The van der Waals surface area contributed by atoms with Crippen molar-refractivity contribution in [1.82, 2.24) is 4.90 Å². The number of nitrogens with zero attached hydrogens (tertiary/aromatic N) is 1. The number of likely N-dealkylation sites (N-methyl/N-ethyl adjacent to an activating group) is 1. The van der Waals surface area contributed by atoms with E-state index >= 15 is 0 Å². The molecule has 1 aliphatic rings. The van der Waals surface area contributed by atoms with E-state index in [2.05, 4.69) is 72.8 Å². The van der Waals surface area contributed by atoms with Crippen molar-refractivity contribution in [2.24, 2.45) is 0 Å². The summed E-state index contributed by atoms with van der Waals surface area (Å²) < 4.78 is 10.6. The molecule has 4 aromatic carbocycles. The van der Waals surface area contributed by atoms with Gasteiger partial charge in [-0.05, 0) is 66.7 Å². The van der Waals surface area contributed by atoms with Gasteiger partial charge in [-0.1, -0.05) is 60.7 Å². The summed E-state index contributed by atoms with van der Waals surface area (Å²) in [6, 6.07) is 36.9. The molecule has 0 spiro atoms. The average molecular weight is 539 g/mol. The second-order valence-electron chi connectivity index (χ2n) is 9.55. The van der Waals surface area contributed by atoms with Gasteiger partial charge >= 0.3 is 11.9 Å². The fourth-order valence-electron chi connectivity index (χ4n) is 4.69. The first kappa shape index (κ1) is 26.7. The van der Waals surface area contributed by atoms with Crippen molar-refractivity contribution in [3.8, 4) is 0 Å². The molecule has 198 valence electrons. The van der Waals surface area contributed by atoms with Gasteiger partial charge < -0.3 is 9.47 Å². The minimum Gasteiger partial charge on any atom is -0.464 e. The predicted molar refractivity (Wildman–Crippen MR) is 153 cm³/mol. The Labute approximate surface area is 232 Å². The summed E-state index contributed by atoms with van der Waals surface area (Å²) in [4.78, 5) is 30.2. The average Bonchev–Trinajstić information content (AvgIpc) is 3.41. The first-order valence-corrected chi connectivity index (χ1v) is 14.4. The highest BCUT2D eigenvalue weighted by molar-refractivity contribution is 7.97. The molecular weight excluding hydrogens is 506 g/mol. The number of hydrogen-bond donors (Lipinski definition) is 0. The van der Waals surface area contributed by atoms with Crippen LogP contribution in [-0.2, 0) is 38.1 Å². The highest BCUT2D eigenvalue weighted by Crippen LogP contribution is 2.31. The standard InChI is InChI=1S/C33H32NO4S/c1-34(31-21-23-38-33(31)36)24-26-12-16-27(17-13-26)32(35)37-22-20-25-14-18-30(19-15-25)39(28-8-4-2-5-9-28)29-10-6-3-7-11-29/h2-19,31H,20-24H2,1H3/q+1. The van der Waals surface area contributed by atoms with Gasteiger partial charge in [0.15, 0.2) is 14.7 Å². The van der Waals surface area contributed by atoms with Crippen LogP contribution in [0.3, 0.4) is 0 Å². The molecule has 0 bridgehead atoms. The molecule has 1 aliphatic heterocycles. The molecule has 1 fully saturated rings. The Morgan fingerprint density at radius 1 is 0.821 bits per heavy atom. The van der Waals surface area contributed by atoms with Crippen LogP contribution in [0.15, 0.2) is 124 Å². The topological polar surface area (TPSA) is 55.8 Å². The SMILES string of the molecule is CN(Cc1ccc(C(=O)OCCc2ccc([S+](c3ccccc3)c3ccccc3)cc2)cc1)C1CCOC1=O. The highest BCUT2D eigenvalue weighted by atomic mass is 32.2. The van der Waals surface area contributed by atoms with Crippen LogP contribution in [0.5, 0.6) is 0 Å². The van der Waals surface area contributed by atoms with E-state index in [1.807, 2.05) is 36.2 Å². The number of benzene rings is 4. The van der Waals surface area contributed by atoms with Gasteiger partial charge in [-0.15, -0.1) is 0 Å². The molecule has 0 aromatic heterocycles. The van der Waals surface area contributed by atoms with Gasteiger partial charge in [0, 0.05) is 19.4 Å². The lowest BCUT2D eigenvalue weighted by molar-refractivity contribution is -0.142. The van der Waals surface area contributed by atoms with Crippen molar-refractivity contribution in [2.75, 3.05) is 20.3 Å². The van der Waals surface area contributed by atoms with Crippen molar-refractivity contribution >= 4 is 22.8 Å². The van der Waals surface area contributed by atoms with E-state index < -0.39 is 0 Å². The molecule has 0 N–H and O–H groups in total. The first-order valence-electron chi connectivity index (χ1n) is 13.1. The van der Waals surface area contributed by atoms with Gasteiger partial charge in [0.2, 0.25) is 0 Å². The first-order chi connectivity index (χ1) is 19.1. The minimum absolute atomic E-state index is 0.167. The maximum Gasteiger partial charge on any atom is 0.338 e. The lowest BCUT2D eigenvalue weighted by Gasteiger charge is -2.20. The predicted octanol–water partition coefficient (Wildman–Crippen LogP) is 5.93. The van der Waals surface area contributed by atoms with Crippen molar-refractivity contribution in [3.05, 3.63) is 126 Å². The number of carbonyl (C=O) groups excluding carboxylic acids is 2. The highest BCUT2D eigenvalue weighted by Gasteiger charge is 2.30. The number of carbonyl (C=O) groups is 2. The Hall–Kier alpha value is -3.87. The van der Waals surface area contributed by atoms with Crippen molar-refractivity contribution in [2.45, 2.75) is 40.1 Å². The van der Waals surface area contributed by atoms with Crippen molar-refractivity contribution in [3.63, 3.8) is 0 Å². The van der Waals surface area contributed by atoms with Crippen molar-refractivity contribution < 1.29 is 19.1 Å². The maximum absolute atomic E-state index is 12.6. The monoisotopic (exact) mass is 538 g/mol. The molecule has 1 heterocycles. The fraction of sp³-hybridized carbons (Fsp3) is 0.212. The third-order valence-corrected chi connectivity index (χ3v) is 9.03. The largest absolute Gasteiger partial charge is 0.464 e. The number of cyclic esters (lactones) is 1. The van der Waals surface area contributed by atoms with E-state index in [4.69, 9.17) is 9.47 Å². The summed E-state index contributed by atoms with van der Waals surface area (Å²) in [5, 5.41) is 0. The zero-order chi connectivity index (χ0) is 27.0.